The van der Waals surface area contributed by atoms with E-state index in [0.717, 1.165) is 32.5 Å². The van der Waals surface area contributed by atoms with Crippen molar-refractivity contribution in [1.82, 2.24) is 9.88 Å². The van der Waals surface area contributed by atoms with Crippen molar-refractivity contribution in [3.05, 3.63) is 28.4 Å². The molecule has 0 atom stereocenters. The largest absolute Gasteiger partial charge is 0.362 e. The summed E-state index contributed by atoms with van der Waals surface area (Å²) < 4.78 is 0. The molecule has 1 aromatic heterocycles. The Morgan fingerprint density at radius 3 is 2.89 bits per heavy atom. The van der Waals surface area contributed by atoms with Crippen LogP contribution in [0.25, 0.3) is 0 Å². The van der Waals surface area contributed by atoms with Gasteiger partial charge in [-0.05, 0) is 25.5 Å². The van der Waals surface area contributed by atoms with Crippen molar-refractivity contribution in [2.24, 2.45) is 0 Å². The van der Waals surface area contributed by atoms with Crippen molar-refractivity contribution < 1.29 is 4.92 Å². The van der Waals surface area contributed by atoms with Crippen LogP contribution in [-0.2, 0) is 0 Å². The predicted molar refractivity (Wildman–Crippen MR) is 69.7 cm³/mol. The maximum absolute atomic E-state index is 10.9. The average molecular weight is 250 g/mol. The molecule has 6 nitrogen and oxygen atoms in total. The van der Waals surface area contributed by atoms with Crippen LogP contribution in [0.4, 0.5) is 11.5 Å². The standard InChI is InChI=1S/C12H18N4O2/c1-2-15-8-5-10(6-9-15)14-12-11(16(17)18)4-3-7-13-12/h3-4,7,10H,2,5-6,8-9H2,1H3,(H,13,14). The number of nitrogens with one attached hydrogen (secondary N) is 1. The highest BCUT2D eigenvalue weighted by Gasteiger charge is 2.21. The molecule has 0 aliphatic carbocycles. The molecule has 1 aliphatic heterocycles. The molecule has 0 spiro atoms. The summed E-state index contributed by atoms with van der Waals surface area (Å²) in [5.41, 5.74) is 0.0513. The molecule has 1 fully saturated rings. The molecular weight excluding hydrogens is 232 g/mol. The average Bonchev–Trinajstić information content (AvgIpc) is 2.40. The molecule has 2 rings (SSSR count). The Morgan fingerprint density at radius 2 is 2.28 bits per heavy atom. The fraction of sp³-hybridized carbons (Fsp3) is 0.583. The van der Waals surface area contributed by atoms with Crippen LogP contribution in [0.3, 0.4) is 0 Å². The Morgan fingerprint density at radius 1 is 1.56 bits per heavy atom. The van der Waals surface area contributed by atoms with Gasteiger partial charge in [0, 0.05) is 31.4 Å². The van der Waals surface area contributed by atoms with Gasteiger partial charge in [0.1, 0.15) is 0 Å². The second kappa shape index (κ2) is 5.77. The van der Waals surface area contributed by atoms with Crippen LogP contribution in [0, 0.1) is 10.1 Å². The number of aromatic nitrogens is 1. The van der Waals surface area contributed by atoms with E-state index in [-0.39, 0.29) is 11.7 Å². The molecule has 1 aliphatic rings. The van der Waals surface area contributed by atoms with Gasteiger partial charge < -0.3 is 10.2 Å². The molecule has 0 amide bonds. The lowest BCUT2D eigenvalue weighted by atomic mass is 10.1. The lowest BCUT2D eigenvalue weighted by molar-refractivity contribution is -0.384. The van der Waals surface area contributed by atoms with E-state index in [1.165, 1.54) is 6.07 Å². The molecule has 98 valence electrons. The van der Waals surface area contributed by atoms with E-state index in [0.29, 0.717) is 5.82 Å². The van der Waals surface area contributed by atoms with Gasteiger partial charge in [-0.15, -0.1) is 0 Å². The minimum absolute atomic E-state index is 0.0513. The first kappa shape index (κ1) is 12.8. The van der Waals surface area contributed by atoms with E-state index in [9.17, 15) is 10.1 Å². The first-order chi connectivity index (χ1) is 8.70. The van der Waals surface area contributed by atoms with Crippen LogP contribution in [0.1, 0.15) is 19.8 Å². The maximum atomic E-state index is 10.9. The Hall–Kier alpha value is -1.69. The molecule has 0 bridgehead atoms. The lowest BCUT2D eigenvalue weighted by Gasteiger charge is -2.31. The number of pyridine rings is 1. The number of nitrogens with zero attached hydrogens (tertiary/aromatic N) is 3. The highest BCUT2D eigenvalue weighted by molar-refractivity contribution is 5.55. The summed E-state index contributed by atoms with van der Waals surface area (Å²) in [6.45, 7) is 5.29. The van der Waals surface area contributed by atoms with Gasteiger partial charge in [0.05, 0.1) is 4.92 Å². The molecular formula is C12H18N4O2. The number of hydrogen-bond donors (Lipinski definition) is 1. The molecule has 0 unspecified atom stereocenters. The second-order valence-corrected chi connectivity index (χ2v) is 4.48. The van der Waals surface area contributed by atoms with Crippen LogP contribution in [0.5, 0.6) is 0 Å². The summed E-state index contributed by atoms with van der Waals surface area (Å²) in [6.07, 6.45) is 3.58. The van der Waals surface area contributed by atoms with E-state index >= 15 is 0 Å². The number of rotatable bonds is 4. The number of likely N-dealkylation sites (tertiary alicyclic amines) is 1. The first-order valence-corrected chi connectivity index (χ1v) is 6.29. The molecule has 1 N–H and O–H groups in total. The third-order valence-corrected chi connectivity index (χ3v) is 3.36. The van der Waals surface area contributed by atoms with Crippen molar-refractivity contribution in [2.75, 3.05) is 25.0 Å². The van der Waals surface area contributed by atoms with Crippen molar-refractivity contribution in [3.8, 4) is 0 Å². The summed E-state index contributed by atoms with van der Waals surface area (Å²) in [6, 6.07) is 3.35. The molecule has 1 aromatic rings. The van der Waals surface area contributed by atoms with Crippen LogP contribution < -0.4 is 5.32 Å². The summed E-state index contributed by atoms with van der Waals surface area (Å²) in [5.74, 6) is 0.387. The zero-order valence-corrected chi connectivity index (χ0v) is 10.5. The minimum Gasteiger partial charge on any atom is -0.362 e. The highest BCUT2D eigenvalue weighted by Crippen LogP contribution is 2.23. The third-order valence-electron chi connectivity index (χ3n) is 3.36. The number of hydrogen-bond acceptors (Lipinski definition) is 5. The first-order valence-electron chi connectivity index (χ1n) is 6.29. The summed E-state index contributed by atoms with van der Waals surface area (Å²) in [5, 5.41) is 14.1. The van der Waals surface area contributed by atoms with Gasteiger partial charge in [-0.2, -0.15) is 0 Å². The molecule has 18 heavy (non-hydrogen) atoms. The summed E-state index contributed by atoms with van der Waals surface area (Å²) in [7, 11) is 0. The van der Waals surface area contributed by atoms with E-state index < -0.39 is 4.92 Å². The smallest absolute Gasteiger partial charge is 0.311 e. The Bertz CT molecular complexity index is 416. The van der Waals surface area contributed by atoms with Crippen molar-refractivity contribution in [3.63, 3.8) is 0 Å². The zero-order valence-electron chi connectivity index (χ0n) is 10.5. The molecule has 0 saturated carbocycles. The van der Waals surface area contributed by atoms with Gasteiger partial charge in [-0.25, -0.2) is 4.98 Å². The minimum atomic E-state index is -0.392. The normalized spacial score (nSPS) is 17.6. The summed E-state index contributed by atoms with van der Waals surface area (Å²) >= 11 is 0. The Balaban J connectivity index is 2.00. The quantitative estimate of drug-likeness (QED) is 0.652. The van der Waals surface area contributed by atoms with Gasteiger partial charge in [0.25, 0.3) is 0 Å². The van der Waals surface area contributed by atoms with Gasteiger partial charge in [0.15, 0.2) is 0 Å². The van der Waals surface area contributed by atoms with Gasteiger partial charge in [0.2, 0.25) is 5.82 Å². The van der Waals surface area contributed by atoms with Crippen LogP contribution in [0.15, 0.2) is 18.3 Å². The zero-order chi connectivity index (χ0) is 13.0. The molecule has 6 heteroatoms. The number of piperidine rings is 1. The van der Waals surface area contributed by atoms with E-state index in [1.807, 2.05) is 0 Å². The van der Waals surface area contributed by atoms with Crippen LogP contribution in [-0.4, -0.2) is 40.5 Å². The van der Waals surface area contributed by atoms with Gasteiger partial charge in [-0.1, -0.05) is 6.92 Å². The van der Waals surface area contributed by atoms with Gasteiger partial charge in [-0.3, -0.25) is 10.1 Å². The Labute approximate surface area is 106 Å². The molecule has 0 aromatic carbocycles. The maximum Gasteiger partial charge on any atom is 0.311 e. The monoisotopic (exact) mass is 250 g/mol. The second-order valence-electron chi connectivity index (χ2n) is 4.48. The van der Waals surface area contributed by atoms with Crippen molar-refractivity contribution >= 4 is 11.5 Å². The topological polar surface area (TPSA) is 71.3 Å². The molecule has 2 heterocycles. The van der Waals surface area contributed by atoms with Crippen LogP contribution >= 0.6 is 0 Å². The molecule has 1 saturated heterocycles. The Kier molecular flexibility index (Phi) is 4.09. The van der Waals surface area contributed by atoms with Crippen molar-refractivity contribution in [2.45, 2.75) is 25.8 Å². The fourth-order valence-corrected chi connectivity index (χ4v) is 2.24. The predicted octanol–water partition coefficient (Wildman–Crippen LogP) is 1.89. The fourth-order valence-electron chi connectivity index (χ4n) is 2.24. The summed E-state index contributed by atoms with van der Waals surface area (Å²) in [4.78, 5) is 16.9. The van der Waals surface area contributed by atoms with Crippen molar-refractivity contribution in [1.29, 1.82) is 0 Å². The van der Waals surface area contributed by atoms with Crippen LogP contribution in [0.2, 0.25) is 0 Å². The van der Waals surface area contributed by atoms with E-state index in [1.54, 1.807) is 12.3 Å². The number of nitro groups is 1. The number of anilines is 1. The highest BCUT2D eigenvalue weighted by atomic mass is 16.6. The lowest BCUT2D eigenvalue weighted by Crippen LogP contribution is -2.39. The van der Waals surface area contributed by atoms with E-state index in [4.69, 9.17) is 0 Å². The van der Waals surface area contributed by atoms with E-state index in [2.05, 4.69) is 22.1 Å². The molecule has 0 radical (unpaired) electrons. The van der Waals surface area contributed by atoms with Gasteiger partial charge >= 0.3 is 5.69 Å². The third kappa shape index (κ3) is 2.95. The SMILES string of the molecule is CCN1CCC(Nc2ncccc2[N+](=O)[O-])CC1.